The average molecular weight is 234 g/mol. The van der Waals surface area contributed by atoms with E-state index in [9.17, 15) is 4.79 Å². The van der Waals surface area contributed by atoms with Crippen LogP contribution >= 0.6 is 0 Å². The number of carbonyl (C=O) groups excluding carboxylic acids is 1. The fraction of sp³-hybridized carbons (Fsp3) is 0.533. The van der Waals surface area contributed by atoms with Gasteiger partial charge in [-0.05, 0) is 32.8 Å². The molecule has 0 spiro atoms. The Labute approximate surface area is 104 Å². The van der Waals surface area contributed by atoms with Gasteiger partial charge in [-0.25, -0.2) is 0 Å². The molecule has 0 bridgehead atoms. The third kappa shape index (κ3) is 3.58. The van der Waals surface area contributed by atoms with Gasteiger partial charge in [-0.3, -0.25) is 4.79 Å². The maximum Gasteiger partial charge on any atom is 0.309 e. The van der Waals surface area contributed by atoms with Crippen LogP contribution in [0, 0.1) is 12.8 Å². The van der Waals surface area contributed by atoms with Crippen molar-refractivity contribution in [1.29, 1.82) is 0 Å². The molecule has 0 radical (unpaired) electrons. The minimum absolute atomic E-state index is 0.0419. The highest BCUT2D eigenvalue weighted by Crippen LogP contribution is 2.26. The summed E-state index contributed by atoms with van der Waals surface area (Å²) >= 11 is 0. The SMILES string of the molecule is CCC(C)C(=O)OC(C)(C)c1ccc(C)cc1. The molecule has 1 rings (SSSR count). The summed E-state index contributed by atoms with van der Waals surface area (Å²) in [6, 6.07) is 8.10. The molecule has 1 atom stereocenters. The van der Waals surface area contributed by atoms with Crippen molar-refractivity contribution >= 4 is 5.97 Å². The van der Waals surface area contributed by atoms with Gasteiger partial charge >= 0.3 is 5.97 Å². The second-order valence-electron chi connectivity index (χ2n) is 5.11. The second-order valence-corrected chi connectivity index (χ2v) is 5.11. The van der Waals surface area contributed by atoms with E-state index in [1.807, 2.05) is 58.9 Å². The molecule has 0 aromatic heterocycles. The molecule has 0 amide bonds. The fourth-order valence-corrected chi connectivity index (χ4v) is 1.53. The highest BCUT2D eigenvalue weighted by Gasteiger charge is 2.27. The number of ether oxygens (including phenoxy) is 1. The molecule has 1 aromatic carbocycles. The maximum atomic E-state index is 11.8. The number of esters is 1. The normalized spacial score (nSPS) is 13.2. The van der Waals surface area contributed by atoms with Crippen LogP contribution in [0.15, 0.2) is 24.3 Å². The van der Waals surface area contributed by atoms with Crippen molar-refractivity contribution in [2.24, 2.45) is 5.92 Å². The van der Waals surface area contributed by atoms with Gasteiger partial charge in [0, 0.05) is 0 Å². The van der Waals surface area contributed by atoms with Crippen molar-refractivity contribution in [3.8, 4) is 0 Å². The van der Waals surface area contributed by atoms with Crippen molar-refractivity contribution in [1.82, 2.24) is 0 Å². The zero-order chi connectivity index (χ0) is 13.1. The molecule has 0 fully saturated rings. The number of aryl methyl sites for hydroxylation is 1. The molecule has 0 aliphatic rings. The minimum atomic E-state index is -0.561. The molecule has 1 aromatic rings. The van der Waals surface area contributed by atoms with Gasteiger partial charge in [0.1, 0.15) is 5.60 Å². The van der Waals surface area contributed by atoms with Crippen LogP contribution in [-0.4, -0.2) is 5.97 Å². The van der Waals surface area contributed by atoms with Crippen molar-refractivity contribution in [2.75, 3.05) is 0 Å². The van der Waals surface area contributed by atoms with Gasteiger partial charge in [-0.15, -0.1) is 0 Å². The lowest BCUT2D eigenvalue weighted by Crippen LogP contribution is -2.28. The van der Waals surface area contributed by atoms with Crippen molar-refractivity contribution < 1.29 is 9.53 Å². The Morgan fingerprint density at radius 2 is 1.82 bits per heavy atom. The van der Waals surface area contributed by atoms with Crippen LogP contribution in [0.1, 0.15) is 45.2 Å². The molecule has 1 unspecified atom stereocenters. The highest BCUT2D eigenvalue weighted by molar-refractivity contribution is 5.72. The first-order chi connectivity index (χ1) is 7.86. The quantitative estimate of drug-likeness (QED) is 0.740. The van der Waals surface area contributed by atoms with Gasteiger partial charge < -0.3 is 4.74 Å². The van der Waals surface area contributed by atoms with Crippen LogP contribution in [0.3, 0.4) is 0 Å². The van der Waals surface area contributed by atoms with E-state index in [1.54, 1.807) is 0 Å². The van der Waals surface area contributed by atoms with Gasteiger partial charge in [-0.1, -0.05) is 43.7 Å². The van der Waals surface area contributed by atoms with E-state index in [4.69, 9.17) is 4.74 Å². The number of hydrogen-bond donors (Lipinski definition) is 0. The van der Waals surface area contributed by atoms with Crippen molar-refractivity contribution in [3.05, 3.63) is 35.4 Å². The topological polar surface area (TPSA) is 26.3 Å². The Hall–Kier alpha value is -1.31. The lowest BCUT2D eigenvalue weighted by molar-refractivity contribution is -0.162. The summed E-state index contributed by atoms with van der Waals surface area (Å²) < 4.78 is 5.58. The van der Waals surface area contributed by atoms with E-state index in [0.29, 0.717) is 0 Å². The summed E-state index contributed by atoms with van der Waals surface area (Å²) in [7, 11) is 0. The smallest absolute Gasteiger partial charge is 0.309 e. The van der Waals surface area contributed by atoms with Gasteiger partial charge in [-0.2, -0.15) is 0 Å². The summed E-state index contributed by atoms with van der Waals surface area (Å²) in [5.41, 5.74) is 1.67. The lowest BCUT2D eigenvalue weighted by atomic mass is 9.96. The van der Waals surface area contributed by atoms with Gasteiger partial charge in [0.15, 0.2) is 0 Å². The van der Waals surface area contributed by atoms with Crippen LogP contribution in [0.2, 0.25) is 0 Å². The second kappa shape index (κ2) is 5.35. The van der Waals surface area contributed by atoms with Gasteiger partial charge in [0.05, 0.1) is 5.92 Å². The number of rotatable bonds is 4. The molecular formula is C15H22O2. The zero-order valence-electron chi connectivity index (χ0n) is 11.4. The third-order valence-corrected chi connectivity index (χ3v) is 3.12. The number of carbonyl (C=O) groups is 1. The summed E-state index contributed by atoms with van der Waals surface area (Å²) in [6.07, 6.45) is 0.808. The van der Waals surface area contributed by atoms with E-state index in [2.05, 4.69) is 0 Å². The fourth-order valence-electron chi connectivity index (χ4n) is 1.53. The lowest BCUT2D eigenvalue weighted by Gasteiger charge is -2.27. The van der Waals surface area contributed by atoms with Crippen LogP contribution in [-0.2, 0) is 15.1 Å². The molecule has 0 N–H and O–H groups in total. The first kappa shape index (κ1) is 13.8. The predicted molar refractivity (Wildman–Crippen MR) is 69.8 cm³/mol. The molecule has 94 valence electrons. The van der Waals surface area contributed by atoms with E-state index < -0.39 is 5.60 Å². The maximum absolute atomic E-state index is 11.8. The first-order valence-corrected chi connectivity index (χ1v) is 6.17. The molecule has 0 saturated carbocycles. The Morgan fingerprint density at radius 3 is 2.29 bits per heavy atom. The number of benzene rings is 1. The standard InChI is InChI=1S/C15H22O2/c1-6-12(3)14(16)17-15(4,5)13-9-7-11(2)8-10-13/h7-10,12H,6H2,1-5H3. The van der Waals surface area contributed by atoms with E-state index in [1.165, 1.54) is 5.56 Å². The van der Waals surface area contributed by atoms with E-state index in [-0.39, 0.29) is 11.9 Å². The molecule has 2 heteroatoms. The van der Waals surface area contributed by atoms with Crippen LogP contribution in [0.4, 0.5) is 0 Å². The molecule has 2 nitrogen and oxygen atoms in total. The van der Waals surface area contributed by atoms with E-state index >= 15 is 0 Å². The summed E-state index contributed by atoms with van der Waals surface area (Å²) in [6.45, 7) is 9.79. The summed E-state index contributed by atoms with van der Waals surface area (Å²) in [5, 5.41) is 0. The Kier molecular flexibility index (Phi) is 4.33. The minimum Gasteiger partial charge on any atom is -0.455 e. The number of hydrogen-bond acceptors (Lipinski definition) is 2. The Bertz CT molecular complexity index is 376. The van der Waals surface area contributed by atoms with Crippen LogP contribution in [0.5, 0.6) is 0 Å². The summed E-state index contributed by atoms with van der Waals surface area (Å²) in [4.78, 5) is 11.8. The van der Waals surface area contributed by atoms with Gasteiger partial charge in [0.2, 0.25) is 0 Å². The van der Waals surface area contributed by atoms with Gasteiger partial charge in [0.25, 0.3) is 0 Å². The average Bonchev–Trinajstić information content (AvgIpc) is 2.27. The molecule has 0 saturated heterocycles. The van der Waals surface area contributed by atoms with Crippen molar-refractivity contribution in [3.63, 3.8) is 0 Å². The van der Waals surface area contributed by atoms with Crippen LogP contribution in [0.25, 0.3) is 0 Å². The first-order valence-electron chi connectivity index (χ1n) is 6.17. The molecule has 0 aliphatic carbocycles. The molecule has 17 heavy (non-hydrogen) atoms. The monoisotopic (exact) mass is 234 g/mol. The van der Waals surface area contributed by atoms with E-state index in [0.717, 1.165) is 12.0 Å². The Morgan fingerprint density at radius 1 is 1.29 bits per heavy atom. The molecular weight excluding hydrogens is 212 g/mol. The van der Waals surface area contributed by atoms with Crippen LogP contribution < -0.4 is 0 Å². The largest absolute Gasteiger partial charge is 0.455 e. The zero-order valence-corrected chi connectivity index (χ0v) is 11.4. The third-order valence-electron chi connectivity index (χ3n) is 3.12. The predicted octanol–water partition coefficient (Wildman–Crippen LogP) is 3.82. The van der Waals surface area contributed by atoms with Crippen molar-refractivity contribution in [2.45, 2.75) is 46.6 Å². The highest BCUT2D eigenvalue weighted by atomic mass is 16.6. The Balaban J connectivity index is 2.81. The molecule has 0 heterocycles. The summed E-state index contributed by atoms with van der Waals surface area (Å²) in [5.74, 6) is -0.169. The molecule has 0 aliphatic heterocycles.